The van der Waals surface area contributed by atoms with E-state index in [1.165, 1.54) is 5.56 Å². The van der Waals surface area contributed by atoms with E-state index >= 15 is 0 Å². The fourth-order valence-corrected chi connectivity index (χ4v) is 4.98. The Kier molecular flexibility index (Phi) is 6.24. The number of benzene rings is 2. The molecule has 0 bridgehead atoms. The fourth-order valence-electron chi connectivity index (χ4n) is 4.98. The topological polar surface area (TPSA) is 68.4 Å². The molecule has 1 aliphatic heterocycles. The van der Waals surface area contributed by atoms with Crippen molar-refractivity contribution in [3.05, 3.63) is 96.8 Å². The van der Waals surface area contributed by atoms with Crippen LogP contribution in [-0.2, 0) is 4.74 Å². The van der Waals surface area contributed by atoms with Crippen LogP contribution in [-0.4, -0.2) is 52.3 Å². The first kappa shape index (κ1) is 22.5. The van der Waals surface area contributed by atoms with Crippen molar-refractivity contribution in [1.29, 1.82) is 0 Å². The summed E-state index contributed by atoms with van der Waals surface area (Å²) in [5.74, 6) is 1.75. The number of aromatic nitrogens is 3. The standard InChI is InChI=1S/C29H29N5O2/c1-21-7-5-10-23(17-21)34-19-24(22-8-3-2-4-9-22)27-28(31-20-32-29(27)34)30-18-25(26-11-6-14-36-26)33-12-15-35-16-13-33/h2-11,14,17,19-20,25H,12-13,15-16,18H2,1H3,(H,30,31,32)/t25-/m0/s1. The van der Waals surface area contributed by atoms with Crippen LogP contribution in [0.3, 0.4) is 0 Å². The van der Waals surface area contributed by atoms with Gasteiger partial charge in [0, 0.05) is 37.1 Å². The largest absolute Gasteiger partial charge is 0.468 e. The van der Waals surface area contributed by atoms with E-state index in [0.717, 1.165) is 65.7 Å². The van der Waals surface area contributed by atoms with Crippen LogP contribution < -0.4 is 5.32 Å². The van der Waals surface area contributed by atoms with Gasteiger partial charge in [-0.3, -0.25) is 4.90 Å². The summed E-state index contributed by atoms with van der Waals surface area (Å²) in [6.07, 6.45) is 5.55. The van der Waals surface area contributed by atoms with Gasteiger partial charge in [-0.05, 0) is 42.3 Å². The van der Waals surface area contributed by atoms with Crippen molar-refractivity contribution < 1.29 is 9.15 Å². The van der Waals surface area contributed by atoms with Crippen LogP contribution in [0, 0.1) is 6.92 Å². The van der Waals surface area contributed by atoms with E-state index in [0.29, 0.717) is 6.54 Å². The van der Waals surface area contributed by atoms with Crippen molar-refractivity contribution in [1.82, 2.24) is 19.4 Å². The Morgan fingerprint density at radius 3 is 2.61 bits per heavy atom. The lowest BCUT2D eigenvalue weighted by molar-refractivity contribution is 0.0144. The van der Waals surface area contributed by atoms with Crippen LogP contribution in [0.4, 0.5) is 5.82 Å². The highest BCUT2D eigenvalue weighted by Crippen LogP contribution is 2.36. The number of rotatable bonds is 7. The van der Waals surface area contributed by atoms with Gasteiger partial charge in [0.1, 0.15) is 17.9 Å². The lowest BCUT2D eigenvalue weighted by Gasteiger charge is -2.33. The van der Waals surface area contributed by atoms with Gasteiger partial charge < -0.3 is 19.0 Å². The van der Waals surface area contributed by atoms with Crippen LogP contribution in [0.1, 0.15) is 17.4 Å². The molecule has 182 valence electrons. The number of fused-ring (bicyclic) bond motifs is 1. The zero-order valence-electron chi connectivity index (χ0n) is 20.3. The van der Waals surface area contributed by atoms with Gasteiger partial charge in [-0.25, -0.2) is 9.97 Å². The Morgan fingerprint density at radius 1 is 0.972 bits per heavy atom. The molecule has 2 aromatic carbocycles. The normalized spacial score (nSPS) is 15.2. The lowest BCUT2D eigenvalue weighted by atomic mass is 10.1. The number of morpholine rings is 1. The molecule has 1 N–H and O–H groups in total. The number of hydrogen-bond donors (Lipinski definition) is 1. The fraction of sp³-hybridized carbons (Fsp3) is 0.241. The quantitative estimate of drug-likeness (QED) is 0.334. The van der Waals surface area contributed by atoms with Crippen molar-refractivity contribution in [2.75, 3.05) is 38.2 Å². The zero-order chi connectivity index (χ0) is 24.3. The third-order valence-electron chi connectivity index (χ3n) is 6.77. The first-order valence-corrected chi connectivity index (χ1v) is 12.4. The van der Waals surface area contributed by atoms with Crippen molar-refractivity contribution in [2.24, 2.45) is 0 Å². The van der Waals surface area contributed by atoms with Crippen molar-refractivity contribution in [3.63, 3.8) is 0 Å². The second-order valence-electron chi connectivity index (χ2n) is 9.10. The maximum Gasteiger partial charge on any atom is 0.150 e. The molecule has 7 heteroatoms. The van der Waals surface area contributed by atoms with E-state index in [1.54, 1.807) is 12.6 Å². The Balaban J connectivity index is 1.42. The zero-order valence-corrected chi connectivity index (χ0v) is 20.3. The van der Waals surface area contributed by atoms with Gasteiger partial charge >= 0.3 is 0 Å². The highest BCUT2D eigenvalue weighted by atomic mass is 16.5. The molecule has 0 saturated carbocycles. The van der Waals surface area contributed by atoms with E-state index in [2.05, 4.69) is 76.4 Å². The monoisotopic (exact) mass is 479 g/mol. The summed E-state index contributed by atoms with van der Waals surface area (Å²) in [5, 5.41) is 4.66. The number of nitrogens with one attached hydrogen (secondary N) is 1. The van der Waals surface area contributed by atoms with Gasteiger partial charge in [0.05, 0.1) is 30.9 Å². The van der Waals surface area contributed by atoms with E-state index in [4.69, 9.17) is 19.1 Å². The summed E-state index contributed by atoms with van der Waals surface area (Å²) < 4.78 is 13.6. The number of aryl methyl sites for hydroxylation is 1. The molecular weight excluding hydrogens is 450 g/mol. The molecule has 6 rings (SSSR count). The maximum absolute atomic E-state index is 5.83. The van der Waals surface area contributed by atoms with Gasteiger partial charge in [-0.2, -0.15) is 0 Å². The van der Waals surface area contributed by atoms with Gasteiger partial charge in [0.15, 0.2) is 5.65 Å². The Labute approximate surface area is 210 Å². The van der Waals surface area contributed by atoms with E-state index < -0.39 is 0 Å². The van der Waals surface area contributed by atoms with E-state index in [1.807, 2.05) is 18.2 Å². The van der Waals surface area contributed by atoms with Crippen LogP contribution in [0.15, 0.2) is 89.9 Å². The predicted molar refractivity (Wildman–Crippen MR) is 141 cm³/mol. The molecule has 1 fully saturated rings. The Hall–Kier alpha value is -3.94. The van der Waals surface area contributed by atoms with E-state index in [-0.39, 0.29) is 6.04 Å². The maximum atomic E-state index is 5.83. The molecule has 0 unspecified atom stereocenters. The summed E-state index contributed by atoms with van der Waals surface area (Å²) in [6.45, 7) is 5.95. The average Bonchev–Trinajstić information content (AvgIpc) is 3.59. The Morgan fingerprint density at radius 2 is 1.83 bits per heavy atom. The van der Waals surface area contributed by atoms with Gasteiger partial charge in [-0.15, -0.1) is 0 Å². The second kappa shape index (κ2) is 9.97. The molecule has 1 saturated heterocycles. The molecule has 0 radical (unpaired) electrons. The predicted octanol–water partition coefficient (Wildman–Crippen LogP) is 5.47. The number of furan rings is 1. The van der Waals surface area contributed by atoms with E-state index in [9.17, 15) is 0 Å². The van der Waals surface area contributed by atoms with Gasteiger partial charge in [-0.1, -0.05) is 42.5 Å². The van der Waals surface area contributed by atoms with Crippen molar-refractivity contribution in [2.45, 2.75) is 13.0 Å². The summed E-state index contributed by atoms with van der Waals surface area (Å²) in [6, 6.07) is 23.0. The minimum absolute atomic E-state index is 0.0768. The highest BCUT2D eigenvalue weighted by molar-refractivity contribution is 6.02. The molecule has 1 atom stereocenters. The molecule has 3 aromatic heterocycles. The lowest BCUT2D eigenvalue weighted by Crippen LogP contribution is -2.41. The third kappa shape index (κ3) is 4.39. The molecule has 7 nitrogen and oxygen atoms in total. The van der Waals surface area contributed by atoms with Crippen LogP contribution in [0.5, 0.6) is 0 Å². The van der Waals surface area contributed by atoms with Crippen molar-refractivity contribution >= 4 is 16.9 Å². The average molecular weight is 480 g/mol. The Bertz CT molecular complexity index is 1440. The third-order valence-corrected chi connectivity index (χ3v) is 6.77. The molecular formula is C29H29N5O2. The number of anilines is 1. The minimum Gasteiger partial charge on any atom is -0.468 e. The molecule has 0 spiro atoms. The summed E-state index contributed by atoms with van der Waals surface area (Å²) in [5.41, 5.74) is 5.37. The first-order chi connectivity index (χ1) is 17.8. The molecule has 4 heterocycles. The second-order valence-corrected chi connectivity index (χ2v) is 9.10. The van der Waals surface area contributed by atoms with Crippen LogP contribution in [0.25, 0.3) is 27.8 Å². The molecule has 1 aliphatic rings. The molecule has 5 aromatic rings. The number of nitrogens with zero attached hydrogens (tertiary/aromatic N) is 4. The van der Waals surface area contributed by atoms with Gasteiger partial charge in [0.25, 0.3) is 0 Å². The SMILES string of the molecule is Cc1cccc(-n2cc(-c3ccccc3)c3c(NC[C@@H](c4ccco4)N4CCOCC4)ncnc32)c1. The number of hydrogen-bond acceptors (Lipinski definition) is 6. The first-order valence-electron chi connectivity index (χ1n) is 12.4. The van der Waals surface area contributed by atoms with Crippen molar-refractivity contribution in [3.8, 4) is 16.8 Å². The van der Waals surface area contributed by atoms with Gasteiger partial charge in [0.2, 0.25) is 0 Å². The molecule has 36 heavy (non-hydrogen) atoms. The number of ether oxygens (including phenoxy) is 1. The summed E-state index contributed by atoms with van der Waals surface area (Å²) >= 11 is 0. The van der Waals surface area contributed by atoms with Crippen LogP contribution >= 0.6 is 0 Å². The molecule has 0 aliphatic carbocycles. The van der Waals surface area contributed by atoms with Crippen LogP contribution in [0.2, 0.25) is 0 Å². The minimum atomic E-state index is 0.0768. The summed E-state index contributed by atoms with van der Waals surface area (Å²) in [7, 11) is 0. The molecule has 0 amide bonds. The summed E-state index contributed by atoms with van der Waals surface area (Å²) in [4.78, 5) is 11.8. The smallest absolute Gasteiger partial charge is 0.150 e. The highest BCUT2D eigenvalue weighted by Gasteiger charge is 2.26.